The molecule has 188 valence electrons. The minimum atomic E-state index is -0.394. The Morgan fingerprint density at radius 3 is 2.57 bits per heavy atom. The number of hydrogen-bond acceptors (Lipinski definition) is 3. The molecular formula is C32H42O3. The lowest BCUT2D eigenvalue weighted by molar-refractivity contribution is -0.159. The number of carbonyl (C=O) groups is 2. The summed E-state index contributed by atoms with van der Waals surface area (Å²) in [5.41, 5.74) is 3.63. The van der Waals surface area contributed by atoms with E-state index in [1.165, 1.54) is 16.7 Å². The quantitative estimate of drug-likeness (QED) is 0.562. The standard InChI is InChI=1S/C32H42O3/c1-30-14-12-24(33)18-23(30)10-11-25-26-13-15-31(2,32(26,3)19-27(34)29(25)30)28(35)17-20-8-9-21-6-4-5-7-22(21)16-20/h4-7,18,20,25-27,29,34H,8-17,19H2,1-3H3/t20?,25?,26?,27-,29?,30?,31+,32?/m0/s1. The van der Waals surface area contributed by atoms with Crippen LogP contribution in [0.4, 0.5) is 0 Å². The summed E-state index contributed by atoms with van der Waals surface area (Å²) in [6.45, 7) is 6.90. The molecule has 3 fully saturated rings. The van der Waals surface area contributed by atoms with Crippen molar-refractivity contribution in [2.75, 3.05) is 0 Å². The van der Waals surface area contributed by atoms with Gasteiger partial charge in [0.05, 0.1) is 6.10 Å². The molecule has 0 saturated heterocycles. The average Bonchev–Trinajstić information content (AvgIpc) is 3.10. The molecule has 0 amide bonds. The molecule has 0 radical (unpaired) electrons. The van der Waals surface area contributed by atoms with Crippen LogP contribution in [-0.4, -0.2) is 22.8 Å². The molecular weight excluding hydrogens is 432 g/mol. The average molecular weight is 475 g/mol. The molecule has 3 nitrogen and oxygen atoms in total. The number of carbonyl (C=O) groups excluding carboxylic acids is 2. The van der Waals surface area contributed by atoms with Crippen molar-refractivity contribution in [3.63, 3.8) is 0 Å². The second-order valence-electron chi connectivity index (χ2n) is 13.5. The summed E-state index contributed by atoms with van der Waals surface area (Å²) in [5.74, 6) is 2.32. The highest BCUT2D eigenvalue weighted by molar-refractivity contribution is 5.91. The molecule has 6 unspecified atom stereocenters. The molecule has 0 aliphatic heterocycles. The summed E-state index contributed by atoms with van der Waals surface area (Å²) in [6.07, 6.45) is 11.7. The van der Waals surface area contributed by atoms with E-state index in [4.69, 9.17) is 0 Å². The number of aliphatic hydroxyl groups is 1. The maximum atomic E-state index is 14.1. The molecule has 1 aromatic carbocycles. The third-order valence-electron chi connectivity index (χ3n) is 12.0. The van der Waals surface area contributed by atoms with Gasteiger partial charge in [0.25, 0.3) is 0 Å². The second-order valence-corrected chi connectivity index (χ2v) is 13.5. The highest BCUT2D eigenvalue weighted by Crippen LogP contribution is 2.70. The van der Waals surface area contributed by atoms with Gasteiger partial charge in [-0.05, 0) is 109 Å². The lowest BCUT2D eigenvalue weighted by Crippen LogP contribution is -2.59. The molecule has 5 aliphatic carbocycles. The van der Waals surface area contributed by atoms with Crippen LogP contribution in [0.1, 0.15) is 89.7 Å². The van der Waals surface area contributed by atoms with Gasteiger partial charge in [-0.3, -0.25) is 9.59 Å². The molecule has 8 atom stereocenters. The summed E-state index contributed by atoms with van der Waals surface area (Å²) in [7, 11) is 0. The second kappa shape index (κ2) is 8.13. The van der Waals surface area contributed by atoms with Crippen LogP contribution in [0.3, 0.4) is 0 Å². The van der Waals surface area contributed by atoms with Crippen LogP contribution < -0.4 is 0 Å². The van der Waals surface area contributed by atoms with Crippen LogP contribution in [0.5, 0.6) is 0 Å². The summed E-state index contributed by atoms with van der Waals surface area (Å²) < 4.78 is 0. The zero-order valence-corrected chi connectivity index (χ0v) is 21.8. The first-order chi connectivity index (χ1) is 16.7. The fourth-order valence-corrected chi connectivity index (χ4v) is 9.82. The Bertz CT molecular complexity index is 1090. The Balaban J connectivity index is 1.24. The van der Waals surface area contributed by atoms with Crippen molar-refractivity contribution in [3.8, 4) is 0 Å². The Labute approximate surface area is 210 Å². The molecule has 0 spiro atoms. The van der Waals surface area contributed by atoms with Crippen molar-refractivity contribution in [3.05, 3.63) is 47.0 Å². The van der Waals surface area contributed by atoms with Crippen LogP contribution in [0, 0.1) is 39.9 Å². The van der Waals surface area contributed by atoms with Gasteiger partial charge in [0.1, 0.15) is 5.78 Å². The fraction of sp³-hybridized carbons (Fsp3) is 0.688. The molecule has 0 aromatic heterocycles. The summed E-state index contributed by atoms with van der Waals surface area (Å²) in [4.78, 5) is 26.2. The topological polar surface area (TPSA) is 54.4 Å². The SMILES string of the molecule is CC12CCC(=O)C=C1CCC1C2[C@@H](O)CC2(C)C1CC[C@]2(C)C(=O)CC1CCc2ccccc2C1. The van der Waals surface area contributed by atoms with E-state index in [2.05, 4.69) is 45.0 Å². The fourth-order valence-electron chi connectivity index (χ4n) is 9.82. The van der Waals surface area contributed by atoms with Gasteiger partial charge < -0.3 is 5.11 Å². The molecule has 3 saturated carbocycles. The monoisotopic (exact) mass is 474 g/mol. The molecule has 1 N–H and O–H groups in total. The van der Waals surface area contributed by atoms with E-state index in [1.54, 1.807) is 0 Å². The molecule has 0 bridgehead atoms. The number of aryl methyl sites for hydroxylation is 1. The molecule has 1 aromatic rings. The third-order valence-corrected chi connectivity index (χ3v) is 12.0. The van der Waals surface area contributed by atoms with Crippen molar-refractivity contribution >= 4 is 11.6 Å². The normalized spacial score (nSPS) is 44.5. The van der Waals surface area contributed by atoms with Gasteiger partial charge in [0, 0.05) is 18.3 Å². The van der Waals surface area contributed by atoms with E-state index >= 15 is 0 Å². The van der Waals surface area contributed by atoms with Crippen LogP contribution in [0.15, 0.2) is 35.9 Å². The maximum absolute atomic E-state index is 14.1. The summed E-state index contributed by atoms with van der Waals surface area (Å²) in [5, 5.41) is 11.7. The van der Waals surface area contributed by atoms with Crippen molar-refractivity contribution in [2.24, 2.45) is 39.9 Å². The number of hydrogen-bond donors (Lipinski definition) is 1. The third kappa shape index (κ3) is 3.40. The van der Waals surface area contributed by atoms with Gasteiger partial charge in [-0.2, -0.15) is 0 Å². The Kier molecular flexibility index (Phi) is 5.49. The van der Waals surface area contributed by atoms with E-state index in [9.17, 15) is 14.7 Å². The molecule has 35 heavy (non-hydrogen) atoms. The number of benzene rings is 1. The zero-order chi connectivity index (χ0) is 24.6. The van der Waals surface area contributed by atoms with Crippen molar-refractivity contribution in [1.29, 1.82) is 0 Å². The first-order valence-corrected chi connectivity index (χ1v) is 14.2. The van der Waals surface area contributed by atoms with Crippen molar-refractivity contribution < 1.29 is 14.7 Å². The van der Waals surface area contributed by atoms with E-state index in [1.807, 2.05) is 6.08 Å². The molecule has 0 heterocycles. The first kappa shape index (κ1) is 23.6. The molecule has 3 heteroatoms. The Morgan fingerprint density at radius 2 is 1.77 bits per heavy atom. The number of aliphatic hydroxyl groups excluding tert-OH is 1. The van der Waals surface area contributed by atoms with Crippen molar-refractivity contribution in [2.45, 2.75) is 97.5 Å². The number of Topliss-reactive ketones (excluding diaryl/α,β-unsaturated/α-hetero) is 1. The van der Waals surface area contributed by atoms with Gasteiger partial charge in [0.2, 0.25) is 0 Å². The minimum absolute atomic E-state index is 0.0595. The van der Waals surface area contributed by atoms with Crippen LogP contribution in [0.25, 0.3) is 0 Å². The zero-order valence-electron chi connectivity index (χ0n) is 21.8. The highest BCUT2D eigenvalue weighted by Gasteiger charge is 2.66. The molecule has 6 rings (SSSR count). The van der Waals surface area contributed by atoms with Crippen molar-refractivity contribution in [1.82, 2.24) is 0 Å². The first-order valence-electron chi connectivity index (χ1n) is 14.2. The number of fused-ring (bicyclic) bond motifs is 6. The summed E-state index contributed by atoms with van der Waals surface area (Å²) in [6, 6.07) is 8.73. The number of allylic oxidation sites excluding steroid dienone is 1. The van der Waals surface area contributed by atoms with Crippen LogP contribution in [0.2, 0.25) is 0 Å². The minimum Gasteiger partial charge on any atom is -0.393 e. The van der Waals surface area contributed by atoms with E-state index in [0.717, 1.165) is 57.8 Å². The van der Waals surface area contributed by atoms with Gasteiger partial charge in [-0.1, -0.05) is 50.6 Å². The number of rotatable bonds is 3. The lowest BCUT2D eigenvalue weighted by Gasteiger charge is -2.61. The van der Waals surface area contributed by atoms with Gasteiger partial charge >= 0.3 is 0 Å². The Hall–Kier alpha value is -1.74. The van der Waals surface area contributed by atoms with Gasteiger partial charge in [0.15, 0.2) is 5.78 Å². The maximum Gasteiger partial charge on any atom is 0.155 e. The summed E-state index contributed by atoms with van der Waals surface area (Å²) >= 11 is 0. The Morgan fingerprint density at radius 1 is 1.00 bits per heavy atom. The van der Waals surface area contributed by atoms with Gasteiger partial charge in [-0.25, -0.2) is 0 Å². The molecule has 5 aliphatic rings. The smallest absolute Gasteiger partial charge is 0.155 e. The van der Waals surface area contributed by atoms with E-state index < -0.39 is 6.10 Å². The predicted molar refractivity (Wildman–Crippen MR) is 138 cm³/mol. The predicted octanol–water partition coefficient (Wildman–Crippen LogP) is 6.26. The van der Waals surface area contributed by atoms with Crippen LogP contribution >= 0.6 is 0 Å². The van der Waals surface area contributed by atoms with Crippen LogP contribution in [-0.2, 0) is 22.4 Å². The highest BCUT2D eigenvalue weighted by atomic mass is 16.3. The lowest BCUT2D eigenvalue weighted by atomic mass is 9.44. The number of ketones is 2. The van der Waals surface area contributed by atoms with Gasteiger partial charge in [-0.15, -0.1) is 0 Å². The van der Waals surface area contributed by atoms with E-state index in [-0.39, 0.29) is 27.9 Å². The largest absolute Gasteiger partial charge is 0.393 e. The van der Waals surface area contributed by atoms with E-state index in [0.29, 0.717) is 36.4 Å².